The summed E-state index contributed by atoms with van der Waals surface area (Å²) in [6.07, 6.45) is 11.2. The van der Waals surface area contributed by atoms with Crippen LogP contribution in [0.25, 0.3) is 0 Å². The van der Waals surface area contributed by atoms with E-state index in [9.17, 15) is 0 Å². The van der Waals surface area contributed by atoms with E-state index in [1.165, 1.54) is 51.8 Å². The second-order valence-corrected chi connectivity index (χ2v) is 5.55. The molecule has 0 saturated heterocycles. The summed E-state index contributed by atoms with van der Waals surface area (Å²) in [5.41, 5.74) is 5.69. The summed E-state index contributed by atoms with van der Waals surface area (Å²) in [5.74, 6) is 0. The van der Waals surface area contributed by atoms with Gasteiger partial charge in [-0.1, -0.05) is 23.8 Å². The van der Waals surface area contributed by atoms with Gasteiger partial charge in [-0.05, 0) is 68.0 Å². The van der Waals surface area contributed by atoms with Gasteiger partial charge in [0.15, 0.2) is 0 Å². The van der Waals surface area contributed by atoms with Crippen molar-refractivity contribution in [1.29, 1.82) is 5.26 Å². The molecule has 1 nitrogen and oxygen atoms in total. The molecule has 0 N–H and O–H groups in total. The number of rotatable bonds is 2. The first-order valence-corrected chi connectivity index (χ1v) is 6.85. The van der Waals surface area contributed by atoms with E-state index in [1.54, 1.807) is 0 Å². The molecule has 0 aromatic carbocycles. The Morgan fingerprint density at radius 3 is 2.41 bits per heavy atom. The molecule has 2 heteroatoms. The summed E-state index contributed by atoms with van der Waals surface area (Å²) >= 11 is 1.32. The lowest BCUT2D eigenvalue weighted by Gasteiger charge is -2.20. The van der Waals surface area contributed by atoms with E-state index < -0.39 is 0 Å². The number of hydrogen-bond donors (Lipinski definition) is 0. The number of allylic oxidation sites excluding steroid dienone is 8. The number of nitrogens with zero attached hydrogens (tertiary/aromatic N) is 1. The van der Waals surface area contributed by atoms with E-state index in [4.69, 9.17) is 5.26 Å². The first-order chi connectivity index (χ1) is 8.20. The van der Waals surface area contributed by atoms with E-state index in [0.717, 1.165) is 12.8 Å². The van der Waals surface area contributed by atoms with Crippen molar-refractivity contribution in [1.82, 2.24) is 0 Å². The third-order valence-electron chi connectivity index (χ3n) is 3.39. The van der Waals surface area contributed by atoms with Crippen molar-refractivity contribution < 1.29 is 0 Å². The fourth-order valence-corrected chi connectivity index (χ4v) is 2.84. The second-order valence-electron chi connectivity index (χ2n) is 4.67. The van der Waals surface area contributed by atoms with Gasteiger partial charge in [0.05, 0.1) is 0 Å². The molecule has 2 rings (SSSR count). The van der Waals surface area contributed by atoms with Gasteiger partial charge in [0.1, 0.15) is 5.40 Å². The van der Waals surface area contributed by atoms with Crippen molar-refractivity contribution in [3.63, 3.8) is 0 Å². The lowest BCUT2D eigenvalue weighted by molar-refractivity contribution is 0.860. The molecular weight excluding hydrogens is 226 g/mol. The number of nitriles is 1. The van der Waals surface area contributed by atoms with E-state index in [2.05, 4.69) is 37.5 Å². The number of thiocyanates is 1. The monoisotopic (exact) mass is 243 g/mol. The van der Waals surface area contributed by atoms with Crippen LogP contribution in [-0.4, -0.2) is 0 Å². The molecule has 0 aromatic heterocycles. The quantitative estimate of drug-likeness (QED) is 0.647. The zero-order valence-electron chi connectivity index (χ0n) is 10.4. The fourth-order valence-electron chi connectivity index (χ4n) is 2.31. The molecule has 0 radical (unpaired) electrons. The Bertz CT molecular complexity index is 484. The van der Waals surface area contributed by atoms with E-state index in [1.807, 2.05) is 0 Å². The fraction of sp³-hybridized carbons (Fsp3) is 0.400. The SMILES string of the molecule is CC1=CC=C(C2=CC(C)=C(SC#N)CC2)CC1. The highest BCUT2D eigenvalue weighted by molar-refractivity contribution is 8.07. The molecule has 88 valence electrons. The molecule has 0 aliphatic heterocycles. The van der Waals surface area contributed by atoms with Crippen molar-refractivity contribution in [2.45, 2.75) is 39.5 Å². The van der Waals surface area contributed by atoms with Crippen LogP contribution >= 0.6 is 11.8 Å². The Morgan fingerprint density at radius 1 is 1.06 bits per heavy atom. The third-order valence-corrected chi connectivity index (χ3v) is 4.25. The van der Waals surface area contributed by atoms with E-state index in [0.29, 0.717) is 0 Å². The van der Waals surface area contributed by atoms with Gasteiger partial charge in [0, 0.05) is 4.91 Å². The molecule has 0 unspecified atom stereocenters. The smallest absolute Gasteiger partial charge is 0.138 e. The predicted molar refractivity (Wildman–Crippen MR) is 74.3 cm³/mol. The Labute approximate surface area is 108 Å². The molecule has 0 atom stereocenters. The molecule has 0 aromatic rings. The van der Waals surface area contributed by atoms with E-state index >= 15 is 0 Å². The molecule has 0 spiro atoms. The van der Waals surface area contributed by atoms with Crippen LogP contribution in [0.3, 0.4) is 0 Å². The average Bonchev–Trinajstić information content (AvgIpc) is 2.33. The van der Waals surface area contributed by atoms with Gasteiger partial charge in [0.25, 0.3) is 0 Å². The Balaban J connectivity index is 2.20. The highest BCUT2D eigenvalue weighted by Gasteiger charge is 2.15. The van der Waals surface area contributed by atoms with Gasteiger partial charge in [-0.15, -0.1) is 0 Å². The summed E-state index contributed by atoms with van der Waals surface area (Å²) in [5, 5.41) is 10.9. The summed E-state index contributed by atoms with van der Waals surface area (Å²) in [6, 6.07) is 0. The van der Waals surface area contributed by atoms with Gasteiger partial charge >= 0.3 is 0 Å². The third kappa shape index (κ3) is 2.92. The van der Waals surface area contributed by atoms with Gasteiger partial charge in [-0.3, -0.25) is 0 Å². The van der Waals surface area contributed by atoms with Gasteiger partial charge in [-0.25, -0.2) is 0 Å². The predicted octanol–water partition coefficient (Wildman–Crippen LogP) is 4.86. The van der Waals surface area contributed by atoms with Crippen LogP contribution in [0.4, 0.5) is 0 Å². The molecule has 0 heterocycles. The second kappa shape index (κ2) is 5.42. The summed E-state index contributed by atoms with van der Waals surface area (Å²) in [7, 11) is 0. The summed E-state index contributed by atoms with van der Waals surface area (Å²) in [6.45, 7) is 4.30. The Morgan fingerprint density at radius 2 is 1.82 bits per heavy atom. The van der Waals surface area contributed by atoms with Crippen LogP contribution in [0.5, 0.6) is 0 Å². The maximum absolute atomic E-state index is 8.72. The van der Waals surface area contributed by atoms with E-state index in [-0.39, 0.29) is 0 Å². The Hall–Kier alpha value is -1.20. The average molecular weight is 243 g/mol. The van der Waals surface area contributed by atoms with Crippen molar-refractivity contribution in [2.24, 2.45) is 0 Å². The van der Waals surface area contributed by atoms with Crippen LogP contribution in [0.1, 0.15) is 39.5 Å². The van der Waals surface area contributed by atoms with Crippen LogP contribution < -0.4 is 0 Å². The molecule has 17 heavy (non-hydrogen) atoms. The maximum Gasteiger partial charge on any atom is 0.138 e. The molecule has 0 amide bonds. The minimum atomic E-state index is 1.02. The van der Waals surface area contributed by atoms with Crippen LogP contribution in [0, 0.1) is 10.7 Å². The number of thioether (sulfide) groups is 1. The largest absolute Gasteiger partial charge is 0.185 e. The standard InChI is InChI=1S/C15H17NS/c1-11-3-5-13(6-4-11)14-7-8-15(17-10-16)12(2)9-14/h3,5,9H,4,6-8H2,1-2H3. The molecule has 0 fully saturated rings. The molecular formula is C15H17NS. The van der Waals surface area contributed by atoms with Crippen molar-refractivity contribution in [2.75, 3.05) is 0 Å². The molecule has 2 aliphatic carbocycles. The van der Waals surface area contributed by atoms with Crippen LogP contribution in [0.15, 0.2) is 45.4 Å². The van der Waals surface area contributed by atoms with Gasteiger partial charge in [0.2, 0.25) is 0 Å². The zero-order chi connectivity index (χ0) is 12.3. The minimum absolute atomic E-state index is 1.02. The maximum atomic E-state index is 8.72. The Kier molecular flexibility index (Phi) is 3.91. The van der Waals surface area contributed by atoms with Crippen molar-refractivity contribution in [3.8, 4) is 5.40 Å². The van der Waals surface area contributed by atoms with Gasteiger partial charge < -0.3 is 0 Å². The summed E-state index contributed by atoms with van der Waals surface area (Å²) in [4.78, 5) is 1.24. The van der Waals surface area contributed by atoms with Crippen molar-refractivity contribution in [3.05, 3.63) is 45.4 Å². The lowest BCUT2D eigenvalue weighted by Crippen LogP contribution is -2.01. The minimum Gasteiger partial charge on any atom is -0.185 e. The zero-order valence-corrected chi connectivity index (χ0v) is 11.2. The van der Waals surface area contributed by atoms with Crippen molar-refractivity contribution >= 4 is 11.8 Å². The highest BCUT2D eigenvalue weighted by atomic mass is 32.2. The first kappa shape index (κ1) is 12.3. The highest BCUT2D eigenvalue weighted by Crippen LogP contribution is 2.36. The molecule has 0 saturated carbocycles. The molecule has 2 aliphatic rings. The summed E-state index contributed by atoms with van der Waals surface area (Å²) < 4.78 is 0. The number of hydrogen-bond acceptors (Lipinski definition) is 2. The van der Waals surface area contributed by atoms with Crippen LogP contribution in [-0.2, 0) is 0 Å². The lowest BCUT2D eigenvalue weighted by atomic mass is 9.88. The normalized spacial score (nSPS) is 20.4. The topological polar surface area (TPSA) is 23.8 Å². The molecule has 0 bridgehead atoms. The van der Waals surface area contributed by atoms with Crippen LogP contribution in [0.2, 0.25) is 0 Å². The van der Waals surface area contributed by atoms with Gasteiger partial charge in [-0.2, -0.15) is 5.26 Å². The first-order valence-electron chi connectivity index (χ1n) is 6.03.